The highest BCUT2D eigenvalue weighted by atomic mass is 35.5. The summed E-state index contributed by atoms with van der Waals surface area (Å²) in [6.45, 7) is 3.81. The fraction of sp³-hybridized carbons (Fsp3) is 0.308. The second-order valence-corrected chi connectivity index (χ2v) is 5.26. The van der Waals surface area contributed by atoms with Crippen LogP contribution < -0.4 is 0 Å². The quantitative estimate of drug-likeness (QED) is 0.876. The van der Waals surface area contributed by atoms with Crippen molar-refractivity contribution in [2.75, 3.05) is 0 Å². The standard InChI is InChI=1S/C13H14ClNO2/c1-13(2,7-12(16)17)8-5-10(14)9-3-4-15-11(9)6-8/h3-6,15H,7H2,1-2H3,(H,16,17). The molecular formula is C13H14ClNO2. The lowest BCUT2D eigenvalue weighted by atomic mass is 9.81. The number of aromatic amines is 1. The Balaban J connectivity index is 2.51. The van der Waals surface area contributed by atoms with Crippen LogP contribution in [0.4, 0.5) is 0 Å². The van der Waals surface area contributed by atoms with Crippen LogP contribution in [0.3, 0.4) is 0 Å². The summed E-state index contributed by atoms with van der Waals surface area (Å²) in [5, 5.41) is 10.5. The van der Waals surface area contributed by atoms with Gasteiger partial charge in [-0.1, -0.05) is 25.4 Å². The van der Waals surface area contributed by atoms with Crippen LogP contribution in [-0.4, -0.2) is 16.1 Å². The second-order valence-electron chi connectivity index (χ2n) is 4.85. The molecule has 0 spiro atoms. The molecule has 0 saturated heterocycles. The number of hydrogen-bond donors (Lipinski definition) is 2. The maximum atomic E-state index is 10.8. The Labute approximate surface area is 104 Å². The number of hydrogen-bond acceptors (Lipinski definition) is 1. The lowest BCUT2D eigenvalue weighted by Crippen LogP contribution is -2.21. The van der Waals surface area contributed by atoms with Crippen LogP contribution >= 0.6 is 11.6 Å². The average molecular weight is 252 g/mol. The number of carboxylic acids is 1. The van der Waals surface area contributed by atoms with Crippen molar-refractivity contribution in [2.45, 2.75) is 25.7 Å². The zero-order chi connectivity index (χ0) is 12.6. The first-order chi connectivity index (χ1) is 7.90. The summed E-state index contributed by atoms with van der Waals surface area (Å²) in [6.07, 6.45) is 1.90. The smallest absolute Gasteiger partial charge is 0.304 e. The van der Waals surface area contributed by atoms with Crippen LogP contribution in [0.1, 0.15) is 25.8 Å². The largest absolute Gasteiger partial charge is 0.481 e. The minimum atomic E-state index is -0.808. The first-order valence-corrected chi connectivity index (χ1v) is 5.77. The predicted octanol–water partition coefficient (Wildman–Crippen LogP) is 3.57. The van der Waals surface area contributed by atoms with E-state index in [1.807, 2.05) is 38.2 Å². The molecule has 0 unspecified atom stereocenters. The Kier molecular flexibility index (Phi) is 2.87. The van der Waals surface area contributed by atoms with Gasteiger partial charge in [-0.3, -0.25) is 4.79 Å². The van der Waals surface area contributed by atoms with Crippen molar-refractivity contribution in [3.8, 4) is 0 Å². The monoisotopic (exact) mass is 251 g/mol. The number of fused-ring (bicyclic) bond motifs is 1. The van der Waals surface area contributed by atoms with Crippen LogP contribution in [0.15, 0.2) is 24.4 Å². The van der Waals surface area contributed by atoms with E-state index >= 15 is 0 Å². The molecule has 0 saturated carbocycles. The first-order valence-electron chi connectivity index (χ1n) is 5.39. The van der Waals surface area contributed by atoms with E-state index in [1.165, 1.54) is 0 Å². The fourth-order valence-corrected chi connectivity index (χ4v) is 2.27. The number of aliphatic carboxylic acids is 1. The SMILES string of the molecule is CC(C)(CC(=O)O)c1cc(Cl)c2cc[nH]c2c1. The Morgan fingerprint density at radius 1 is 1.47 bits per heavy atom. The number of benzene rings is 1. The van der Waals surface area contributed by atoms with Gasteiger partial charge in [-0.2, -0.15) is 0 Å². The summed E-state index contributed by atoms with van der Waals surface area (Å²) in [5.74, 6) is -0.808. The van der Waals surface area contributed by atoms with Crippen molar-refractivity contribution in [1.82, 2.24) is 4.98 Å². The van der Waals surface area contributed by atoms with Crippen molar-refractivity contribution >= 4 is 28.5 Å². The Morgan fingerprint density at radius 3 is 2.82 bits per heavy atom. The maximum Gasteiger partial charge on any atom is 0.304 e. The number of carbonyl (C=O) groups is 1. The highest BCUT2D eigenvalue weighted by Crippen LogP contribution is 2.33. The summed E-state index contributed by atoms with van der Waals surface area (Å²) in [6, 6.07) is 5.72. The third-order valence-electron chi connectivity index (χ3n) is 2.99. The molecule has 0 atom stereocenters. The molecule has 1 aromatic heterocycles. The van der Waals surface area contributed by atoms with E-state index in [0.717, 1.165) is 16.5 Å². The minimum absolute atomic E-state index is 0.0789. The number of aromatic nitrogens is 1. The van der Waals surface area contributed by atoms with Crippen molar-refractivity contribution in [3.05, 3.63) is 35.0 Å². The van der Waals surface area contributed by atoms with Gasteiger partial charge in [0.15, 0.2) is 0 Å². The molecule has 0 aliphatic rings. The van der Waals surface area contributed by atoms with Gasteiger partial charge in [0.2, 0.25) is 0 Å². The molecule has 2 rings (SSSR count). The third-order valence-corrected chi connectivity index (χ3v) is 3.31. The van der Waals surface area contributed by atoms with E-state index in [9.17, 15) is 4.79 Å². The predicted molar refractivity (Wildman–Crippen MR) is 68.6 cm³/mol. The number of carboxylic acid groups (broad SMARTS) is 1. The molecular weight excluding hydrogens is 238 g/mol. The highest BCUT2D eigenvalue weighted by Gasteiger charge is 2.25. The molecule has 0 aliphatic heterocycles. The summed E-state index contributed by atoms with van der Waals surface area (Å²) >= 11 is 6.18. The summed E-state index contributed by atoms with van der Waals surface area (Å²) in [7, 11) is 0. The van der Waals surface area contributed by atoms with Gasteiger partial charge in [0.05, 0.1) is 11.4 Å². The number of rotatable bonds is 3. The summed E-state index contributed by atoms with van der Waals surface area (Å²) in [5.41, 5.74) is 1.43. The maximum absolute atomic E-state index is 10.8. The Bertz CT molecular complexity index is 572. The Hall–Kier alpha value is -1.48. The van der Waals surface area contributed by atoms with E-state index in [-0.39, 0.29) is 6.42 Å². The lowest BCUT2D eigenvalue weighted by Gasteiger charge is -2.23. The van der Waals surface area contributed by atoms with Crippen molar-refractivity contribution in [1.29, 1.82) is 0 Å². The first kappa shape index (κ1) is 12.0. The molecule has 1 heterocycles. The molecule has 4 heteroatoms. The van der Waals surface area contributed by atoms with Gasteiger partial charge in [0, 0.05) is 22.5 Å². The van der Waals surface area contributed by atoms with E-state index in [0.29, 0.717) is 5.02 Å². The molecule has 17 heavy (non-hydrogen) atoms. The van der Waals surface area contributed by atoms with E-state index in [2.05, 4.69) is 4.98 Å². The van der Waals surface area contributed by atoms with Gasteiger partial charge in [-0.25, -0.2) is 0 Å². The molecule has 0 amide bonds. The molecule has 1 aromatic carbocycles. The van der Waals surface area contributed by atoms with Gasteiger partial charge in [-0.15, -0.1) is 0 Å². The highest BCUT2D eigenvalue weighted by molar-refractivity contribution is 6.35. The van der Waals surface area contributed by atoms with Gasteiger partial charge in [0.25, 0.3) is 0 Å². The third kappa shape index (κ3) is 2.29. The fourth-order valence-electron chi connectivity index (χ4n) is 1.99. The van der Waals surface area contributed by atoms with Gasteiger partial charge < -0.3 is 10.1 Å². The number of nitrogens with one attached hydrogen (secondary N) is 1. The van der Waals surface area contributed by atoms with Gasteiger partial charge in [0.1, 0.15) is 0 Å². The minimum Gasteiger partial charge on any atom is -0.481 e. The normalized spacial score (nSPS) is 11.9. The molecule has 2 N–H and O–H groups in total. The van der Waals surface area contributed by atoms with E-state index < -0.39 is 11.4 Å². The molecule has 0 bridgehead atoms. The zero-order valence-corrected chi connectivity index (χ0v) is 10.5. The average Bonchev–Trinajstić information content (AvgIpc) is 2.63. The molecule has 0 radical (unpaired) electrons. The molecule has 90 valence electrons. The topological polar surface area (TPSA) is 53.1 Å². The van der Waals surface area contributed by atoms with Crippen LogP contribution in [0.25, 0.3) is 10.9 Å². The molecule has 0 fully saturated rings. The summed E-state index contributed by atoms with van der Waals surface area (Å²) < 4.78 is 0. The Morgan fingerprint density at radius 2 is 2.18 bits per heavy atom. The summed E-state index contributed by atoms with van der Waals surface area (Å²) in [4.78, 5) is 13.9. The van der Waals surface area contributed by atoms with Gasteiger partial charge >= 0.3 is 5.97 Å². The molecule has 0 aliphatic carbocycles. The zero-order valence-electron chi connectivity index (χ0n) is 9.75. The number of H-pyrrole nitrogens is 1. The second kappa shape index (κ2) is 4.08. The van der Waals surface area contributed by atoms with Crippen LogP contribution in [-0.2, 0) is 10.2 Å². The van der Waals surface area contributed by atoms with Gasteiger partial charge in [-0.05, 0) is 23.8 Å². The van der Waals surface area contributed by atoms with Crippen LogP contribution in [0.2, 0.25) is 5.02 Å². The van der Waals surface area contributed by atoms with Crippen molar-refractivity contribution in [2.24, 2.45) is 0 Å². The number of halogens is 1. The molecule has 2 aromatic rings. The molecule has 3 nitrogen and oxygen atoms in total. The van der Waals surface area contributed by atoms with Crippen molar-refractivity contribution < 1.29 is 9.90 Å². The van der Waals surface area contributed by atoms with Crippen LogP contribution in [0.5, 0.6) is 0 Å². The van der Waals surface area contributed by atoms with Crippen molar-refractivity contribution in [3.63, 3.8) is 0 Å². The van der Waals surface area contributed by atoms with Crippen LogP contribution in [0, 0.1) is 0 Å². The lowest BCUT2D eigenvalue weighted by molar-refractivity contribution is -0.138. The van der Waals surface area contributed by atoms with E-state index in [4.69, 9.17) is 16.7 Å². The van der Waals surface area contributed by atoms with E-state index in [1.54, 1.807) is 0 Å².